The zero-order valence-electron chi connectivity index (χ0n) is 15.1. The molecule has 1 saturated carbocycles. The lowest BCUT2D eigenvalue weighted by Crippen LogP contribution is -2.36. The van der Waals surface area contributed by atoms with Crippen molar-refractivity contribution in [3.63, 3.8) is 0 Å². The normalized spacial score (nSPS) is 29.7. The molecule has 3 aliphatic rings. The monoisotopic (exact) mass is 330 g/mol. The van der Waals surface area contributed by atoms with Crippen molar-refractivity contribution >= 4 is 16.6 Å². The summed E-state index contributed by atoms with van der Waals surface area (Å²) >= 11 is 0. The number of hydrogen-bond acceptors (Lipinski definition) is 1. The average molecular weight is 330 g/mol. The maximum Gasteiger partial charge on any atom is 0.163 e. The molecule has 0 heterocycles. The van der Waals surface area contributed by atoms with Crippen LogP contribution in [0.25, 0.3) is 10.8 Å². The van der Waals surface area contributed by atoms with Crippen LogP contribution >= 0.6 is 0 Å². The molecule has 0 saturated heterocycles. The summed E-state index contributed by atoms with van der Waals surface area (Å²) < 4.78 is 0. The number of unbranched alkanes of at least 4 members (excludes halogenated alkanes) is 1. The third-order valence-corrected chi connectivity index (χ3v) is 7.05. The van der Waals surface area contributed by atoms with Crippen molar-refractivity contribution in [2.45, 2.75) is 57.3 Å². The molecule has 0 aliphatic heterocycles. The van der Waals surface area contributed by atoms with E-state index in [1.54, 1.807) is 0 Å². The number of hydrogen-bond donors (Lipinski definition) is 0. The fraction of sp³-hybridized carbons (Fsp3) is 0.458. The van der Waals surface area contributed by atoms with Gasteiger partial charge in [-0.05, 0) is 78.0 Å². The van der Waals surface area contributed by atoms with Crippen LogP contribution in [-0.4, -0.2) is 5.78 Å². The average Bonchev–Trinajstić information content (AvgIpc) is 3.24. The van der Waals surface area contributed by atoms with Crippen molar-refractivity contribution in [2.75, 3.05) is 0 Å². The van der Waals surface area contributed by atoms with Gasteiger partial charge in [-0.15, -0.1) is 0 Å². The molecule has 1 heteroatoms. The fourth-order valence-electron chi connectivity index (χ4n) is 5.78. The highest BCUT2D eigenvalue weighted by molar-refractivity contribution is 6.03. The Balaban J connectivity index is 1.72. The molecular formula is C24H26O. The molecule has 2 bridgehead atoms. The third-order valence-electron chi connectivity index (χ3n) is 7.05. The molecule has 0 N–H and O–H groups in total. The van der Waals surface area contributed by atoms with Crippen molar-refractivity contribution in [2.24, 2.45) is 11.8 Å². The van der Waals surface area contributed by atoms with E-state index in [0.717, 1.165) is 30.7 Å². The van der Waals surface area contributed by atoms with Crippen LogP contribution in [0.4, 0.5) is 0 Å². The van der Waals surface area contributed by atoms with Gasteiger partial charge >= 0.3 is 0 Å². The first-order valence-electron chi connectivity index (χ1n) is 9.99. The highest BCUT2D eigenvalue weighted by Gasteiger charge is 2.52. The van der Waals surface area contributed by atoms with E-state index in [2.05, 4.69) is 49.4 Å². The van der Waals surface area contributed by atoms with Crippen LogP contribution in [0, 0.1) is 11.8 Å². The Morgan fingerprint density at radius 1 is 1.20 bits per heavy atom. The topological polar surface area (TPSA) is 17.1 Å². The maximum atomic E-state index is 12.7. The van der Waals surface area contributed by atoms with Gasteiger partial charge in [-0.3, -0.25) is 4.79 Å². The molecule has 0 aromatic heterocycles. The Morgan fingerprint density at radius 2 is 2.12 bits per heavy atom. The van der Waals surface area contributed by atoms with Gasteiger partial charge in [-0.25, -0.2) is 0 Å². The fourth-order valence-corrected chi connectivity index (χ4v) is 5.78. The molecule has 128 valence electrons. The summed E-state index contributed by atoms with van der Waals surface area (Å²) in [6, 6.07) is 11.2. The summed E-state index contributed by atoms with van der Waals surface area (Å²) in [6.07, 6.45) is 12.8. The van der Waals surface area contributed by atoms with E-state index in [0.29, 0.717) is 11.7 Å². The maximum absolute atomic E-state index is 12.7. The van der Waals surface area contributed by atoms with Gasteiger partial charge in [-0.1, -0.05) is 43.7 Å². The van der Waals surface area contributed by atoms with Gasteiger partial charge in [0, 0.05) is 17.4 Å². The van der Waals surface area contributed by atoms with Gasteiger partial charge in [0.05, 0.1) is 0 Å². The predicted molar refractivity (Wildman–Crippen MR) is 103 cm³/mol. The van der Waals surface area contributed by atoms with E-state index in [1.165, 1.54) is 47.6 Å². The van der Waals surface area contributed by atoms with Crippen LogP contribution in [0.15, 0.2) is 42.5 Å². The lowest BCUT2D eigenvalue weighted by molar-refractivity contribution is 0.0944. The summed E-state index contributed by atoms with van der Waals surface area (Å²) in [5.74, 6) is 1.73. The van der Waals surface area contributed by atoms with Gasteiger partial charge in [0.15, 0.2) is 5.78 Å². The summed E-state index contributed by atoms with van der Waals surface area (Å²) in [5, 5.41) is 2.63. The predicted octanol–water partition coefficient (Wildman–Crippen LogP) is 5.99. The number of aryl methyl sites for hydroxylation is 1. The van der Waals surface area contributed by atoms with E-state index >= 15 is 0 Å². The van der Waals surface area contributed by atoms with Crippen molar-refractivity contribution in [1.29, 1.82) is 0 Å². The molecule has 3 atom stereocenters. The second kappa shape index (κ2) is 5.56. The van der Waals surface area contributed by atoms with Gasteiger partial charge in [-0.2, -0.15) is 0 Å². The molecule has 2 aromatic rings. The molecular weight excluding hydrogens is 304 g/mol. The van der Waals surface area contributed by atoms with Crippen LogP contribution in [-0.2, 0) is 11.8 Å². The highest BCUT2D eigenvalue weighted by atomic mass is 16.1. The first-order chi connectivity index (χ1) is 12.2. The quantitative estimate of drug-likeness (QED) is 0.631. The number of allylic oxidation sites excluding steroid dienone is 2. The highest BCUT2D eigenvalue weighted by Crippen LogP contribution is 2.58. The molecule has 3 unspecified atom stereocenters. The van der Waals surface area contributed by atoms with E-state index in [-0.39, 0.29) is 5.41 Å². The van der Waals surface area contributed by atoms with Crippen LogP contribution in [0.2, 0.25) is 0 Å². The van der Waals surface area contributed by atoms with E-state index < -0.39 is 0 Å². The Hall–Kier alpha value is -1.89. The second-order valence-corrected chi connectivity index (χ2v) is 8.41. The number of Topliss-reactive ketones (excluding diaryl/α,β-unsaturated/α-hetero) is 1. The summed E-state index contributed by atoms with van der Waals surface area (Å²) in [7, 11) is 0. The van der Waals surface area contributed by atoms with E-state index in [4.69, 9.17) is 0 Å². The lowest BCUT2D eigenvalue weighted by Gasteiger charge is -2.41. The SMILES string of the molecule is CCCCc1cccc2cc3c(cc12)C1(CCC3=O)CC2C=CC1C2. The zero-order valence-corrected chi connectivity index (χ0v) is 15.1. The van der Waals surface area contributed by atoms with Gasteiger partial charge in [0.2, 0.25) is 0 Å². The lowest BCUT2D eigenvalue weighted by atomic mass is 9.62. The van der Waals surface area contributed by atoms with Gasteiger partial charge in [0.25, 0.3) is 0 Å². The second-order valence-electron chi connectivity index (χ2n) is 8.41. The molecule has 2 aromatic carbocycles. The van der Waals surface area contributed by atoms with Crippen LogP contribution < -0.4 is 0 Å². The molecule has 0 amide bonds. The van der Waals surface area contributed by atoms with Crippen molar-refractivity contribution < 1.29 is 4.79 Å². The first kappa shape index (κ1) is 15.4. The largest absolute Gasteiger partial charge is 0.294 e. The number of fused-ring (bicyclic) bond motifs is 6. The van der Waals surface area contributed by atoms with Gasteiger partial charge < -0.3 is 0 Å². The molecule has 3 aliphatic carbocycles. The van der Waals surface area contributed by atoms with E-state index in [9.17, 15) is 4.79 Å². The van der Waals surface area contributed by atoms with E-state index in [1.807, 2.05) is 0 Å². The minimum Gasteiger partial charge on any atom is -0.294 e. The van der Waals surface area contributed by atoms with Crippen molar-refractivity contribution in [3.8, 4) is 0 Å². The van der Waals surface area contributed by atoms with Crippen LogP contribution in [0.3, 0.4) is 0 Å². The zero-order chi connectivity index (χ0) is 17.0. The minimum atomic E-state index is 0.231. The van der Waals surface area contributed by atoms with Crippen molar-refractivity contribution in [1.82, 2.24) is 0 Å². The molecule has 0 radical (unpaired) electrons. The first-order valence-corrected chi connectivity index (χ1v) is 9.99. The standard InChI is InChI=1S/C24H26O/c1-2-3-5-17-6-4-7-18-13-21-22(14-20(17)18)24(11-10-23(21)25)15-16-8-9-19(24)12-16/h4,6-9,13-14,16,19H,2-3,5,10-12,15H2,1H3. The Kier molecular flexibility index (Phi) is 3.42. The minimum absolute atomic E-state index is 0.231. The summed E-state index contributed by atoms with van der Waals surface area (Å²) in [6.45, 7) is 2.25. The third kappa shape index (κ3) is 2.18. The summed E-state index contributed by atoms with van der Waals surface area (Å²) in [5.41, 5.74) is 4.08. The summed E-state index contributed by atoms with van der Waals surface area (Å²) in [4.78, 5) is 12.7. The van der Waals surface area contributed by atoms with Crippen LogP contribution in [0.5, 0.6) is 0 Å². The molecule has 1 nitrogen and oxygen atoms in total. The number of rotatable bonds is 3. The Morgan fingerprint density at radius 3 is 2.88 bits per heavy atom. The number of ketones is 1. The molecule has 25 heavy (non-hydrogen) atoms. The molecule has 1 spiro atoms. The number of carbonyl (C=O) groups is 1. The van der Waals surface area contributed by atoms with Crippen LogP contribution in [0.1, 0.15) is 66.9 Å². The Bertz CT molecular complexity index is 890. The van der Waals surface area contributed by atoms with Gasteiger partial charge in [0.1, 0.15) is 0 Å². The Labute approximate surface area is 150 Å². The molecule has 5 rings (SSSR count). The van der Waals surface area contributed by atoms with Crippen molar-refractivity contribution in [3.05, 3.63) is 59.2 Å². The number of carbonyl (C=O) groups excluding carboxylic acids is 1. The molecule has 1 fully saturated rings. The number of benzene rings is 2. The smallest absolute Gasteiger partial charge is 0.163 e.